The van der Waals surface area contributed by atoms with Crippen molar-refractivity contribution in [3.63, 3.8) is 0 Å². The highest BCUT2D eigenvalue weighted by molar-refractivity contribution is 5.82. The van der Waals surface area contributed by atoms with Crippen LogP contribution in [0.1, 0.15) is 47.0 Å². The van der Waals surface area contributed by atoms with Crippen molar-refractivity contribution < 1.29 is 4.79 Å². The van der Waals surface area contributed by atoms with E-state index >= 15 is 0 Å². The van der Waals surface area contributed by atoms with Crippen LogP contribution in [0.4, 0.5) is 0 Å². The van der Waals surface area contributed by atoms with Crippen molar-refractivity contribution in [1.29, 1.82) is 0 Å². The quantitative estimate of drug-likeness (QED) is 0.770. The molecule has 1 saturated heterocycles. The van der Waals surface area contributed by atoms with Gasteiger partial charge in [0, 0.05) is 19.1 Å². The van der Waals surface area contributed by atoms with E-state index in [2.05, 4.69) is 50.3 Å². The molecule has 1 aliphatic rings. The molecule has 0 aromatic rings. The summed E-state index contributed by atoms with van der Waals surface area (Å²) in [6, 6.07) is 0.524. The third-order valence-corrected chi connectivity index (χ3v) is 4.50. The second-order valence-corrected chi connectivity index (χ2v) is 6.51. The summed E-state index contributed by atoms with van der Waals surface area (Å²) in [6.07, 6.45) is 3.42. The number of rotatable bonds is 6. The molecular weight excluding hydrogens is 238 g/mol. The van der Waals surface area contributed by atoms with E-state index in [1.165, 1.54) is 0 Å². The van der Waals surface area contributed by atoms with Crippen LogP contribution < -0.4 is 10.6 Å². The summed E-state index contributed by atoms with van der Waals surface area (Å²) in [5.41, 5.74) is 0.0605. The largest absolute Gasteiger partial charge is 0.353 e. The maximum Gasteiger partial charge on any atom is 0.237 e. The molecule has 0 aromatic carbocycles. The minimum Gasteiger partial charge on any atom is -0.353 e. The van der Waals surface area contributed by atoms with Gasteiger partial charge in [0.05, 0.1) is 6.04 Å². The fourth-order valence-electron chi connectivity index (χ4n) is 2.65. The number of hydrogen-bond donors (Lipinski definition) is 2. The van der Waals surface area contributed by atoms with E-state index in [4.69, 9.17) is 0 Å². The molecule has 0 saturated carbocycles. The monoisotopic (exact) mass is 269 g/mol. The molecule has 0 aliphatic carbocycles. The normalized spacial score (nSPS) is 24.2. The Morgan fingerprint density at radius 2 is 2.21 bits per heavy atom. The van der Waals surface area contributed by atoms with Crippen molar-refractivity contribution >= 4 is 5.91 Å². The fourth-order valence-corrected chi connectivity index (χ4v) is 2.65. The van der Waals surface area contributed by atoms with Gasteiger partial charge in [0.25, 0.3) is 0 Å². The summed E-state index contributed by atoms with van der Waals surface area (Å²) in [6.45, 7) is 11.3. The molecule has 0 radical (unpaired) electrons. The number of likely N-dealkylation sites (N-methyl/N-ethyl adjacent to an activating group) is 1. The van der Waals surface area contributed by atoms with Crippen molar-refractivity contribution in [2.24, 2.45) is 5.41 Å². The molecule has 19 heavy (non-hydrogen) atoms. The average Bonchev–Trinajstić information content (AvgIpc) is 2.36. The average molecular weight is 269 g/mol. The molecule has 1 fully saturated rings. The van der Waals surface area contributed by atoms with Crippen molar-refractivity contribution in [1.82, 2.24) is 15.5 Å². The smallest absolute Gasteiger partial charge is 0.237 e. The number of nitrogens with one attached hydrogen (secondary N) is 2. The second kappa shape index (κ2) is 7.25. The van der Waals surface area contributed by atoms with Crippen LogP contribution in [0.5, 0.6) is 0 Å². The minimum absolute atomic E-state index is 0.0462. The molecule has 1 amide bonds. The minimum atomic E-state index is -0.0462. The van der Waals surface area contributed by atoms with Crippen LogP contribution in [0, 0.1) is 5.41 Å². The first kappa shape index (κ1) is 16.4. The standard InChI is InChI=1S/C15H31N3O/c1-6-12(2)18(5)11-10-17-14(19)13-15(3,4)8-7-9-16-13/h12-13,16H,6-11H2,1-5H3,(H,17,19). The zero-order chi connectivity index (χ0) is 14.5. The predicted octanol–water partition coefficient (Wildman–Crippen LogP) is 1.61. The molecule has 4 nitrogen and oxygen atoms in total. The zero-order valence-electron chi connectivity index (χ0n) is 13.3. The van der Waals surface area contributed by atoms with E-state index in [-0.39, 0.29) is 17.4 Å². The Morgan fingerprint density at radius 1 is 1.53 bits per heavy atom. The number of hydrogen-bond acceptors (Lipinski definition) is 3. The molecule has 0 spiro atoms. The highest BCUT2D eigenvalue weighted by Gasteiger charge is 2.36. The Morgan fingerprint density at radius 3 is 2.79 bits per heavy atom. The first-order valence-corrected chi connectivity index (χ1v) is 7.60. The molecular formula is C15H31N3O. The molecule has 2 N–H and O–H groups in total. The van der Waals surface area contributed by atoms with Gasteiger partial charge in [0.1, 0.15) is 0 Å². The lowest BCUT2D eigenvalue weighted by Gasteiger charge is -2.38. The number of piperidine rings is 1. The van der Waals surface area contributed by atoms with Gasteiger partial charge in [0.2, 0.25) is 5.91 Å². The van der Waals surface area contributed by atoms with Gasteiger partial charge in [-0.2, -0.15) is 0 Å². The van der Waals surface area contributed by atoms with Crippen LogP contribution >= 0.6 is 0 Å². The highest BCUT2D eigenvalue weighted by Crippen LogP contribution is 2.29. The lowest BCUT2D eigenvalue weighted by molar-refractivity contribution is -0.126. The topological polar surface area (TPSA) is 44.4 Å². The highest BCUT2D eigenvalue weighted by atomic mass is 16.2. The van der Waals surface area contributed by atoms with Gasteiger partial charge >= 0.3 is 0 Å². The third-order valence-electron chi connectivity index (χ3n) is 4.50. The van der Waals surface area contributed by atoms with E-state index in [1.54, 1.807) is 0 Å². The van der Waals surface area contributed by atoms with E-state index in [0.29, 0.717) is 6.04 Å². The third kappa shape index (κ3) is 4.77. The fraction of sp³-hybridized carbons (Fsp3) is 0.933. The lowest BCUT2D eigenvalue weighted by Crippen LogP contribution is -2.56. The summed E-state index contributed by atoms with van der Waals surface area (Å²) in [5, 5.41) is 6.43. The zero-order valence-corrected chi connectivity index (χ0v) is 13.3. The Kier molecular flexibility index (Phi) is 6.27. The van der Waals surface area contributed by atoms with Crippen molar-refractivity contribution in [2.75, 3.05) is 26.7 Å². The van der Waals surface area contributed by atoms with Gasteiger partial charge in [-0.3, -0.25) is 4.79 Å². The number of nitrogens with zero attached hydrogens (tertiary/aromatic N) is 1. The van der Waals surface area contributed by atoms with E-state index in [1.807, 2.05) is 0 Å². The van der Waals surface area contributed by atoms with Gasteiger partial charge in [-0.1, -0.05) is 20.8 Å². The van der Waals surface area contributed by atoms with Gasteiger partial charge in [0.15, 0.2) is 0 Å². The van der Waals surface area contributed by atoms with Crippen LogP contribution in [0.2, 0.25) is 0 Å². The molecule has 112 valence electrons. The maximum absolute atomic E-state index is 12.2. The van der Waals surface area contributed by atoms with Gasteiger partial charge in [-0.25, -0.2) is 0 Å². The number of carbonyl (C=O) groups is 1. The van der Waals surface area contributed by atoms with E-state index in [9.17, 15) is 4.79 Å². The van der Waals surface area contributed by atoms with E-state index < -0.39 is 0 Å². The Labute approximate surface area is 118 Å². The molecule has 2 atom stereocenters. The van der Waals surface area contributed by atoms with Crippen LogP contribution in [-0.4, -0.2) is 49.6 Å². The first-order valence-electron chi connectivity index (χ1n) is 7.60. The van der Waals surface area contributed by atoms with Gasteiger partial charge in [-0.15, -0.1) is 0 Å². The summed E-state index contributed by atoms with van der Waals surface area (Å²) in [5.74, 6) is 0.155. The van der Waals surface area contributed by atoms with Crippen LogP contribution in [0.15, 0.2) is 0 Å². The van der Waals surface area contributed by atoms with Gasteiger partial charge in [-0.05, 0) is 45.2 Å². The predicted molar refractivity (Wildman–Crippen MR) is 80.2 cm³/mol. The first-order chi connectivity index (χ1) is 8.88. The van der Waals surface area contributed by atoms with Crippen LogP contribution in [0.25, 0.3) is 0 Å². The summed E-state index contributed by atoms with van der Waals surface area (Å²) in [4.78, 5) is 14.5. The molecule has 0 aromatic heterocycles. The van der Waals surface area contributed by atoms with Crippen molar-refractivity contribution in [3.05, 3.63) is 0 Å². The molecule has 1 aliphatic heterocycles. The Balaban J connectivity index is 2.35. The summed E-state index contributed by atoms with van der Waals surface area (Å²) in [7, 11) is 2.11. The van der Waals surface area contributed by atoms with Crippen molar-refractivity contribution in [3.8, 4) is 0 Å². The number of amides is 1. The van der Waals surface area contributed by atoms with Crippen LogP contribution in [0.3, 0.4) is 0 Å². The van der Waals surface area contributed by atoms with Crippen molar-refractivity contribution in [2.45, 2.75) is 59.0 Å². The lowest BCUT2D eigenvalue weighted by atomic mass is 9.77. The maximum atomic E-state index is 12.2. The Bertz CT molecular complexity index is 291. The molecule has 0 bridgehead atoms. The van der Waals surface area contributed by atoms with Gasteiger partial charge < -0.3 is 15.5 Å². The summed E-state index contributed by atoms with van der Waals surface area (Å²) >= 11 is 0. The molecule has 1 heterocycles. The SMILES string of the molecule is CCC(C)N(C)CCNC(=O)C1NCCCC1(C)C. The van der Waals surface area contributed by atoms with Crippen LogP contribution in [-0.2, 0) is 4.79 Å². The molecule has 2 unspecified atom stereocenters. The number of carbonyl (C=O) groups excluding carboxylic acids is 1. The molecule has 4 heteroatoms. The summed E-state index contributed by atoms with van der Waals surface area (Å²) < 4.78 is 0. The molecule has 1 rings (SSSR count). The Hall–Kier alpha value is -0.610. The van der Waals surface area contributed by atoms with E-state index in [0.717, 1.165) is 38.9 Å². The second-order valence-electron chi connectivity index (χ2n) is 6.51.